The number of piperidine rings is 1. The summed E-state index contributed by atoms with van der Waals surface area (Å²) in [6, 6.07) is 8.37. The zero-order valence-electron chi connectivity index (χ0n) is 18.0. The lowest BCUT2D eigenvalue weighted by Crippen LogP contribution is -2.36. The zero-order valence-corrected chi connectivity index (χ0v) is 18.0. The van der Waals surface area contributed by atoms with Crippen molar-refractivity contribution in [2.24, 2.45) is 0 Å². The summed E-state index contributed by atoms with van der Waals surface area (Å²) in [7, 11) is 0. The van der Waals surface area contributed by atoms with Gasteiger partial charge in [0.1, 0.15) is 0 Å². The highest BCUT2D eigenvalue weighted by atomic mass is 19.1. The van der Waals surface area contributed by atoms with Gasteiger partial charge in [0.2, 0.25) is 0 Å². The van der Waals surface area contributed by atoms with E-state index in [1.165, 1.54) is 16.7 Å². The molecule has 2 N–H and O–H groups in total. The summed E-state index contributed by atoms with van der Waals surface area (Å²) in [4.78, 5) is 20.5. The highest BCUT2D eigenvalue weighted by Gasteiger charge is 2.28. The van der Waals surface area contributed by atoms with E-state index < -0.39 is 6.09 Å². The number of hydrogen-bond donors (Lipinski definition) is 2. The minimum Gasteiger partial charge on any atom is -0.465 e. The molecule has 1 aromatic carbocycles. The molecular formula is C25H28FN3O2. The summed E-state index contributed by atoms with van der Waals surface area (Å²) >= 11 is 0. The number of H-pyrrole nitrogens is 1. The quantitative estimate of drug-likeness (QED) is 0.525. The first-order valence-corrected chi connectivity index (χ1v) is 11.2. The van der Waals surface area contributed by atoms with Crippen LogP contribution in [0, 0.1) is 5.82 Å². The van der Waals surface area contributed by atoms with Crippen LogP contribution in [0.25, 0.3) is 22.2 Å². The predicted molar refractivity (Wildman–Crippen MR) is 119 cm³/mol. The monoisotopic (exact) mass is 421 g/mol. The number of aromatic nitrogens is 2. The molecule has 1 amide bonds. The van der Waals surface area contributed by atoms with Crippen molar-refractivity contribution >= 4 is 17.0 Å². The van der Waals surface area contributed by atoms with E-state index in [1.807, 2.05) is 6.07 Å². The number of rotatable bonds is 4. The van der Waals surface area contributed by atoms with Crippen molar-refractivity contribution in [3.05, 3.63) is 53.1 Å². The fraction of sp³-hybridized carbons (Fsp3) is 0.440. The van der Waals surface area contributed by atoms with E-state index >= 15 is 0 Å². The first kappa shape index (κ1) is 20.0. The van der Waals surface area contributed by atoms with Gasteiger partial charge in [-0.05, 0) is 66.8 Å². The number of nitrogens with one attached hydrogen (secondary N) is 1. The number of benzene rings is 1. The average Bonchev–Trinajstić information content (AvgIpc) is 3.53. The number of fused-ring (bicyclic) bond motifs is 1. The van der Waals surface area contributed by atoms with E-state index in [1.54, 1.807) is 0 Å². The molecule has 0 atom stereocenters. The molecular weight excluding hydrogens is 393 g/mol. The van der Waals surface area contributed by atoms with Crippen molar-refractivity contribution in [1.82, 2.24) is 14.9 Å². The maximum atomic E-state index is 14.8. The molecule has 2 aliphatic rings. The van der Waals surface area contributed by atoms with Gasteiger partial charge in [0.25, 0.3) is 0 Å². The Labute approximate surface area is 181 Å². The number of carbonyl (C=O) groups is 1. The van der Waals surface area contributed by atoms with Crippen molar-refractivity contribution in [2.75, 3.05) is 13.1 Å². The fourth-order valence-electron chi connectivity index (χ4n) is 4.95. The van der Waals surface area contributed by atoms with Crippen LogP contribution in [-0.4, -0.2) is 39.2 Å². The van der Waals surface area contributed by atoms with Gasteiger partial charge >= 0.3 is 6.09 Å². The van der Waals surface area contributed by atoms with Crippen LogP contribution in [0.15, 0.2) is 30.5 Å². The molecule has 2 aromatic heterocycles. The van der Waals surface area contributed by atoms with Gasteiger partial charge in [-0.2, -0.15) is 0 Å². The van der Waals surface area contributed by atoms with Gasteiger partial charge in [0.05, 0.1) is 11.9 Å². The van der Waals surface area contributed by atoms with Crippen LogP contribution in [0.5, 0.6) is 0 Å². The largest absolute Gasteiger partial charge is 0.465 e. The second kappa shape index (κ2) is 7.66. The van der Waals surface area contributed by atoms with E-state index in [-0.39, 0.29) is 11.7 Å². The van der Waals surface area contributed by atoms with Crippen LogP contribution in [0.2, 0.25) is 0 Å². The molecule has 0 radical (unpaired) electrons. The summed E-state index contributed by atoms with van der Waals surface area (Å²) in [6.07, 6.45) is 4.44. The van der Waals surface area contributed by atoms with E-state index in [0.29, 0.717) is 30.5 Å². The standard InChI is InChI=1S/C25H28FN3O2/c1-14(2)23-19-11-17(15-7-9-29(10-8-15)25(30)31)5-6-21(19)28-24(23)18-12-22(16-3-4-16)27-13-20(18)26/h5-6,11-16,28H,3-4,7-10H2,1-2H3,(H,30,31). The van der Waals surface area contributed by atoms with Crippen LogP contribution in [0.1, 0.15) is 74.1 Å². The highest BCUT2D eigenvalue weighted by Crippen LogP contribution is 2.43. The third kappa shape index (κ3) is 3.68. The van der Waals surface area contributed by atoms with Crippen LogP contribution in [-0.2, 0) is 0 Å². The SMILES string of the molecule is CC(C)c1c(-c2cc(C3CC3)ncc2F)[nH]c2ccc(C3CCN(C(=O)O)CC3)cc12. The second-order valence-electron chi connectivity index (χ2n) is 9.28. The van der Waals surface area contributed by atoms with Gasteiger partial charge in [-0.1, -0.05) is 19.9 Å². The maximum absolute atomic E-state index is 14.8. The molecule has 162 valence electrons. The van der Waals surface area contributed by atoms with Crippen molar-refractivity contribution in [3.8, 4) is 11.3 Å². The Hall–Kier alpha value is -2.89. The smallest absolute Gasteiger partial charge is 0.407 e. The van der Waals surface area contributed by atoms with Crippen molar-refractivity contribution in [1.29, 1.82) is 0 Å². The lowest BCUT2D eigenvalue weighted by atomic mass is 9.87. The average molecular weight is 422 g/mol. The molecule has 0 bridgehead atoms. The van der Waals surface area contributed by atoms with Crippen LogP contribution < -0.4 is 0 Å². The van der Waals surface area contributed by atoms with Gasteiger partial charge in [0.15, 0.2) is 5.82 Å². The summed E-state index contributed by atoms with van der Waals surface area (Å²) in [5, 5.41) is 10.3. The Morgan fingerprint density at radius 2 is 1.90 bits per heavy atom. The summed E-state index contributed by atoms with van der Waals surface area (Å²) in [5.74, 6) is 0.746. The van der Waals surface area contributed by atoms with Gasteiger partial charge in [-0.25, -0.2) is 9.18 Å². The van der Waals surface area contributed by atoms with E-state index in [9.17, 15) is 14.3 Å². The number of halogens is 1. The fourth-order valence-corrected chi connectivity index (χ4v) is 4.95. The maximum Gasteiger partial charge on any atom is 0.407 e. The third-order valence-electron chi connectivity index (χ3n) is 6.82. The van der Waals surface area contributed by atoms with Gasteiger partial charge in [0, 0.05) is 41.2 Å². The first-order chi connectivity index (χ1) is 14.9. The zero-order chi connectivity index (χ0) is 21.7. The number of aromatic amines is 1. The predicted octanol–water partition coefficient (Wildman–Crippen LogP) is 6.23. The number of hydrogen-bond acceptors (Lipinski definition) is 2. The molecule has 0 unspecified atom stereocenters. The Kier molecular flexibility index (Phi) is 4.95. The molecule has 1 aliphatic heterocycles. The molecule has 3 heterocycles. The molecule has 1 aliphatic carbocycles. The van der Waals surface area contributed by atoms with E-state index in [0.717, 1.165) is 53.5 Å². The van der Waals surface area contributed by atoms with Crippen molar-refractivity contribution < 1.29 is 14.3 Å². The number of nitrogens with zero attached hydrogens (tertiary/aromatic N) is 2. The Morgan fingerprint density at radius 1 is 1.16 bits per heavy atom. The number of pyridine rings is 1. The van der Waals surface area contributed by atoms with Crippen molar-refractivity contribution in [3.63, 3.8) is 0 Å². The Bertz CT molecular complexity index is 1140. The summed E-state index contributed by atoms with van der Waals surface area (Å²) in [5.41, 5.74) is 5.81. The lowest BCUT2D eigenvalue weighted by molar-refractivity contribution is 0.132. The molecule has 2 fully saturated rings. The molecule has 5 nitrogen and oxygen atoms in total. The Balaban J connectivity index is 1.55. The minimum absolute atomic E-state index is 0.227. The molecule has 3 aromatic rings. The lowest BCUT2D eigenvalue weighted by Gasteiger charge is -2.30. The Morgan fingerprint density at radius 3 is 2.55 bits per heavy atom. The topological polar surface area (TPSA) is 69.2 Å². The molecule has 0 spiro atoms. The highest BCUT2D eigenvalue weighted by molar-refractivity contribution is 5.92. The van der Waals surface area contributed by atoms with E-state index in [2.05, 4.69) is 42.0 Å². The molecule has 5 rings (SSSR count). The minimum atomic E-state index is -0.837. The number of likely N-dealkylation sites (tertiary alicyclic amines) is 1. The molecule has 1 saturated heterocycles. The van der Waals surface area contributed by atoms with Crippen molar-refractivity contribution in [2.45, 2.75) is 57.3 Å². The summed E-state index contributed by atoms with van der Waals surface area (Å²) < 4.78 is 14.8. The van der Waals surface area contributed by atoms with Gasteiger partial charge in [-0.15, -0.1) is 0 Å². The first-order valence-electron chi connectivity index (χ1n) is 11.2. The number of amides is 1. The normalized spacial score (nSPS) is 17.6. The molecule has 6 heteroatoms. The molecule has 1 saturated carbocycles. The summed E-state index contributed by atoms with van der Waals surface area (Å²) in [6.45, 7) is 5.43. The van der Waals surface area contributed by atoms with Crippen LogP contribution in [0.4, 0.5) is 9.18 Å². The molecule has 31 heavy (non-hydrogen) atoms. The second-order valence-corrected chi connectivity index (χ2v) is 9.28. The van der Waals surface area contributed by atoms with Gasteiger partial charge in [-0.3, -0.25) is 4.98 Å². The van der Waals surface area contributed by atoms with Crippen LogP contribution >= 0.6 is 0 Å². The van der Waals surface area contributed by atoms with Crippen LogP contribution in [0.3, 0.4) is 0 Å². The third-order valence-corrected chi connectivity index (χ3v) is 6.82. The van der Waals surface area contributed by atoms with Gasteiger partial charge < -0.3 is 15.0 Å². The van der Waals surface area contributed by atoms with E-state index in [4.69, 9.17) is 0 Å². The number of carboxylic acid groups (broad SMARTS) is 1.